The Labute approximate surface area is 169 Å². The van der Waals surface area contributed by atoms with E-state index < -0.39 is 12.8 Å². The number of halogens is 3. The Kier molecular flexibility index (Phi) is 5.18. The van der Waals surface area contributed by atoms with Gasteiger partial charge in [-0.15, -0.1) is 0 Å². The molecule has 1 aliphatic rings. The molecule has 0 spiro atoms. The highest BCUT2D eigenvalue weighted by Gasteiger charge is 2.30. The molecule has 1 aliphatic carbocycles. The lowest BCUT2D eigenvalue weighted by molar-refractivity contribution is -0.154. The summed E-state index contributed by atoms with van der Waals surface area (Å²) in [4.78, 5) is 20.3. The van der Waals surface area contributed by atoms with Crippen LogP contribution in [0.4, 0.5) is 19.0 Å². The molecular weight excluding hydrogens is 403 g/mol. The maximum Gasteiger partial charge on any atom is 0.422 e. The molecule has 30 heavy (non-hydrogen) atoms. The van der Waals surface area contributed by atoms with Crippen LogP contribution in [0.3, 0.4) is 0 Å². The van der Waals surface area contributed by atoms with E-state index in [1.165, 1.54) is 13.2 Å². The molecule has 1 amide bonds. The molecule has 4 rings (SSSR count). The topological polar surface area (TPSA) is 91.2 Å². The van der Waals surface area contributed by atoms with Crippen LogP contribution in [0.1, 0.15) is 18.4 Å². The Balaban J connectivity index is 1.54. The maximum atomic E-state index is 12.3. The molecule has 11 heteroatoms. The number of methoxy groups -OCH3 is 1. The zero-order valence-corrected chi connectivity index (χ0v) is 15.9. The number of nitrogens with one attached hydrogen (secondary N) is 1. The summed E-state index contributed by atoms with van der Waals surface area (Å²) < 4.78 is 48.4. The average Bonchev–Trinajstić information content (AvgIpc) is 3.47. The lowest BCUT2D eigenvalue weighted by Crippen LogP contribution is -2.19. The average molecular weight is 421 g/mol. The number of aromatic nitrogens is 4. The largest absolute Gasteiger partial charge is 0.481 e. The first-order valence-corrected chi connectivity index (χ1v) is 9.19. The van der Waals surface area contributed by atoms with E-state index in [2.05, 4.69) is 25.1 Å². The van der Waals surface area contributed by atoms with Gasteiger partial charge < -0.3 is 14.8 Å². The van der Waals surface area contributed by atoms with Crippen LogP contribution in [-0.2, 0) is 11.3 Å². The van der Waals surface area contributed by atoms with E-state index >= 15 is 0 Å². The normalized spacial score (nSPS) is 14.0. The predicted octanol–water partition coefficient (Wildman–Crippen LogP) is 3.17. The zero-order chi connectivity index (χ0) is 21.3. The van der Waals surface area contributed by atoms with Crippen LogP contribution in [0.25, 0.3) is 10.9 Å². The summed E-state index contributed by atoms with van der Waals surface area (Å²) in [6.07, 6.45) is 0.617. The van der Waals surface area contributed by atoms with E-state index in [1.54, 1.807) is 29.2 Å². The second kappa shape index (κ2) is 7.81. The first kappa shape index (κ1) is 19.9. The highest BCUT2D eigenvalue weighted by atomic mass is 19.4. The highest BCUT2D eigenvalue weighted by Crippen LogP contribution is 2.31. The molecule has 3 aromatic heterocycles. The minimum Gasteiger partial charge on any atom is -0.481 e. The number of hydrogen-bond donors (Lipinski definition) is 1. The Morgan fingerprint density at radius 2 is 2.10 bits per heavy atom. The minimum atomic E-state index is -4.45. The van der Waals surface area contributed by atoms with Crippen molar-refractivity contribution < 1.29 is 27.4 Å². The lowest BCUT2D eigenvalue weighted by atomic mass is 10.2. The van der Waals surface area contributed by atoms with Gasteiger partial charge >= 0.3 is 6.18 Å². The third kappa shape index (κ3) is 4.61. The van der Waals surface area contributed by atoms with Gasteiger partial charge in [-0.3, -0.25) is 9.48 Å². The molecular formula is C19H18F3N5O3. The van der Waals surface area contributed by atoms with Crippen LogP contribution in [0.15, 0.2) is 30.6 Å². The monoisotopic (exact) mass is 421 g/mol. The fourth-order valence-corrected chi connectivity index (χ4v) is 2.90. The molecule has 1 N–H and O–H groups in total. The van der Waals surface area contributed by atoms with Crippen molar-refractivity contribution >= 4 is 22.6 Å². The molecule has 0 aromatic carbocycles. The van der Waals surface area contributed by atoms with Crippen LogP contribution in [0.2, 0.25) is 0 Å². The molecule has 0 atom stereocenters. The molecule has 0 radical (unpaired) electrons. The Morgan fingerprint density at radius 1 is 1.30 bits per heavy atom. The van der Waals surface area contributed by atoms with Crippen LogP contribution < -0.4 is 14.8 Å². The number of carbonyl (C=O) groups is 1. The number of ether oxygens (including phenoxy) is 2. The van der Waals surface area contributed by atoms with Crippen molar-refractivity contribution in [2.45, 2.75) is 25.6 Å². The molecule has 3 heterocycles. The number of alkyl halides is 3. The van der Waals surface area contributed by atoms with Gasteiger partial charge in [-0.2, -0.15) is 23.3 Å². The fraction of sp³-hybridized carbons (Fsp3) is 0.368. The van der Waals surface area contributed by atoms with Crippen molar-refractivity contribution in [3.05, 3.63) is 36.2 Å². The summed E-state index contributed by atoms with van der Waals surface area (Å²) in [5.41, 5.74) is 1.24. The van der Waals surface area contributed by atoms with Crippen LogP contribution in [-0.4, -0.2) is 45.5 Å². The summed E-state index contributed by atoms with van der Waals surface area (Å²) in [5.74, 6) is 0.382. The van der Waals surface area contributed by atoms with Crippen molar-refractivity contribution in [1.29, 1.82) is 0 Å². The molecule has 0 saturated heterocycles. The number of rotatable bonds is 7. The third-order valence-corrected chi connectivity index (χ3v) is 4.49. The standard InChI is InChI=1S/C19H18F3N5O3/c1-29-18-12(4-5-15(24-18)30-10-19(20,21)22)8-27-9-13-14(26-27)6-7-23-16(13)25-17(28)11-2-3-11/h4-7,9,11H,2-3,8,10H2,1H3,(H,23,25,28). The lowest BCUT2D eigenvalue weighted by Gasteiger charge is -2.11. The number of anilines is 1. The third-order valence-electron chi connectivity index (χ3n) is 4.49. The maximum absolute atomic E-state index is 12.3. The van der Waals surface area contributed by atoms with E-state index in [1.807, 2.05) is 0 Å². The second-order valence-electron chi connectivity index (χ2n) is 6.90. The summed E-state index contributed by atoms with van der Waals surface area (Å²) in [6.45, 7) is -1.18. The van der Waals surface area contributed by atoms with Gasteiger partial charge in [-0.05, 0) is 25.0 Å². The SMILES string of the molecule is COc1nc(OCC(F)(F)F)ccc1Cn1cc2c(NC(=O)C3CC3)nccc2n1. The summed E-state index contributed by atoms with van der Waals surface area (Å²) in [5, 5.41) is 7.98. The number of carbonyl (C=O) groups excluding carboxylic acids is 1. The first-order valence-electron chi connectivity index (χ1n) is 9.19. The summed E-state index contributed by atoms with van der Waals surface area (Å²) in [6, 6.07) is 4.63. The molecule has 158 valence electrons. The molecule has 1 fully saturated rings. The smallest absolute Gasteiger partial charge is 0.422 e. The van der Waals surface area contributed by atoms with E-state index in [0.717, 1.165) is 12.8 Å². The van der Waals surface area contributed by atoms with Crippen molar-refractivity contribution in [2.24, 2.45) is 5.92 Å². The first-order chi connectivity index (χ1) is 14.3. The van der Waals surface area contributed by atoms with Crippen molar-refractivity contribution in [3.63, 3.8) is 0 Å². The van der Waals surface area contributed by atoms with Crippen LogP contribution in [0, 0.1) is 5.92 Å². The van der Waals surface area contributed by atoms with E-state index in [0.29, 0.717) is 22.3 Å². The van der Waals surface area contributed by atoms with Crippen LogP contribution in [0.5, 0.6) is 11.8 Å². The molecule has 0 unspecified atom stereocenters. The Morgan fingerprint density at radius 3 is 2.80 bits per heavy atom. The van der Waals surface area contributed by atoms with Gasteiger partial charge in [-0.1, -0.05) is 0 Å². The van der Waals surface area contributed by atoms with Gasteiger partial charge in [0.1, 0.15) is 5.82 Å². The van der Waals surface area contributed by atoms with Crippen LogP contribution >= 0.6 is 0 Å². The molecule has 0 aliphatic heterocycles. The fourth-order valence-electron chi connectivity index (χ4n) is 2.90. The molecule has 0 bridgehead atoms. The summed E-state index contributed by atoms with van der Waals surface area (Å²) >= 11 is 0. The molecule has 1 saturated carbocycles. The van der Waals surface area contributed by atoms with Gasteiger partial charge in [-0.25, -0.2) is 4.98 Å². The van der Waals surface area contributed by atoms with E-state index in [9.17, 15) is 18.0 Å². The second-order valence-corrected chi connectivity index (χ2v) is 6.90. The van der Waals surface area contributed by atoms with Gasteiger partial charge in [0.05, 0.1) is 24.6 Å². The Bertz CT molecular complexity index is 1080. The number of amides is 1. The van der Waals surface area contributed by atoms with Crippen molar-refractivity contribution in [1.82, 2.24) is 19.7 Å². The predicted molar refractivity (Wildman–Crippen MR) is 100 cm³/mol. The van der Waals surface area contributed by atoms with Crippen molar-refractivity contribution in [2.75, 3.05) is 19.0 Å². The van der Waals surface area contributed by atoms with Gasteiger partial charge in [0, 0.05) is 29.9 Å². The van der Waals surface area contributed by atoms with Gasteiger partial charge in [0.2, 0.25) is 17.7 Å². The Hall–Kier alpha value is -3.37. The molecule has 8 nitrogen and oxygen atoms in total. The highest BCUT2D eigenvalue weighted by molar-refractivity contribution is 6.00. The number of nitrogens with zero attached hydrogens (tertiary/aromatic N) is 4. The quantitative estimate of drug-likeness (QED) is 0.630. The van der Waals surface area contributed by atoms with Gasteiger partial charge in [0.25, 0.3) is 0 Å². The zero-order valence-electron chi connectivity index (χ0n) is 15.9. The van der Waals surface area contributed by atoms with Crippen molar-refractivity contribution in [3.8, 4) is 11.8 Å². The minimum absolute atomic E-state index is 0.0468. The van der Waals surface area contributed by atoms with E-state index in [-0.39, 0.29) is 30.1 Å². The number of pyridine rings is 2. The molecule has 3 aromatic rings. The van der Waals surface area contributed by atoms with E-state index in [4.69, 9.17) is 4.74 Å². The number of fused-ring (bicyclic) bond motifs is 1. The summed E-state index contributed by atoms with van der Waals surface area (Å²) in [7, 11) is 1.37. The number of hydrogen-bond acceptors (Lipinski definition) is 6. The van der Waals surface area contributed by atoms with Gasteiger partial charge in [0.15, 0.2) is 6.61 Å².